The Kier molecular flexibility index (Phi) is 5.95. The number of nitrogens with one attached hydrogen (secondary N) is 1. The quantitative estimate of drug-likeness (QED) is 0.520. The van der Waals surface area contributed by atoms with E-state index in [2.05, 4.69) is 20.2 Å². The van der Waals surface area contributed by atoms with Crippen molar-refractivity contribution in [2.24, 2.45) is 0 Å². The molecular formula is C15H24N6O4. The summed E-state index contributed by atoms with van der Waals surface area (Å²) in [4.78, 5) is 23.5. The van der Waals surface area contributed by atoms with E-state index in [1.54, 1.807) is 0 Å². The molecule has 0 spiro atoms. The second-order valence-corrected chi connectivity index (χ2v) is 6.22. The van der Waals surface area contributed by atoms with E-state index in [0.29, 0.717) is 32.0 Å². The molecule has 3 rings (SSSR count). The van der Waals surface area contributed by atoms with Gasteiger partial charge in [-0.2, -0.15) is 0 Å². The first-order valence-corrected chi connectivity index (χ1v) is 8.62. The van der Waals surface area contributed by atoms with Gasteiger partial charge in [0.2, 0.25) is 11.6 Å². The lowest BCUT2D eigenvalue weighted by atomic mass is 10.2. The minimum Gasteiger partial charge on any atom is -0.395 e. The molecule has 2 saturated heterocycles. The maximum atomic E-state index is 11.6. The zero-order valence-electron chi connectivity index (χ0n) is 14.1. The molecule has 2 aliphatic heterocycles. The van der Waals surface area contributed by atoms with Gasteiger partial charge in [0.25, 0.3) is 0 Å². The fourth-order valence-corrected chi connectivity index (χ4v) is 3.24. The van der Waals surface area contributed by atoms with Crippen LogP contribution in [0.4, 0.5) is 17.3 Å². The summed E-state index contributed by atoms with van der Waals surface area (Å²) in [6.07, 6.45) is 3.40. The van der Waals surface area contributed by atoms with Gasteiger partial charge in [0.1, 0.15) is 6.33 Å². The van der Waals surface area contributed by atoms with Gasteiger partial charge in [-0.15, -0.1) is 0 Å². The first-order chi connectivity index (χ1) is 12.2. The fourth-order valence-electron chi connectivity index (χ4n) is 3.24. The molecule has 0 amide bonds. The van der Waals surface area contributed by atoms with Gasteiger partial charge >= 0.3 is 5.69 Å². The van der Waals surface area contributed by atoms with Gasteiger partial charge in [-0.3, -0.25) is 15.0 Å². The lowest BCUT2D eigenvalue weighted by Gasteiger charge is -2.34. The third-order valence-corrected chi connectivity index (χ3v) is 4.59. The average Bonchev–Trinajstić information content (AvgIpc) is 3.14. The summed E-state index contributed by atoms with van der Waals surface area (Å²) < 4.78 is 5.54. The normalized spacial score (nSPS) is 21.5. The Morgan fingerprint density at radius 3 is 2.80 bits per heavy atom. The van der Waals surface area contributed by atoms with Gasteiger partial charge in [-0.05, 0) is 12.8 Å². The van der Waals surface area contributed by atoms with E-state index in [4.69, 9.17) is 9.84 Å². The predicted molar refractivity (Wildman–Crippen MR) is 91.9 cm³/mol. The Morgan fingerprint density at radius 1 is 1.36 bits per heavy atom. The van der Waals surface area contributed by atoms with E-state index in [0.717, 1.165) is 32.5 Å². The van der Waals surface area contributed by atoms with E-state index < -0.39 is 4.92 Å². The predicted octanol–water partition coefficient (Wildman–Crippen LogP) is 0.0900. The van der Waals surface area contributed by atoms with Crippen molar-refractivity contribution in [2.45, 2.75) is 18.9 Å². The van der Waals surface area contributed by atoms with Crippen LogP contribution >= 0.6 is 0 Å². The number of anilines is 2. The highest BCUT2D eigenvalue weighted by Gasteiger charge is 2.29. The van der Waals surface area contributed by atoms with Gasteiger partial charge in [0.15, 0.2) is 0 Å². The number of piperazine rings is 1. The maximum Gasteiger partial charge on any atom is 0.353 e. The number of rotatable bonds is 7. The SMILES string of the molecule is O=[N+]([O-])c1c(NCC2CCCO2)ncnc1N1CCN(CCO)CC1. The largest absolute Gasteiger partial charge is 0.395 e. The number of ether oxygens (including phenoxy) is 1. The van der Waals surface area contributed by atoms with Gasteiger partial charge in [-0.1, -0.05) is 0 Å². The molecule has 25 heavy (non-hydrogen) atoms. The molecule has 1 atom stereocenters. The molecule has 2 aliphatic rings. The number of β-amino-alcohol motifs (C(OH)–C–C–N with tert-alkyl or cyclic N) is 1. The summed E-state index contributed by atoms with van der Waals surface area (Å²) in [5.74, 6) is 0.585. The summed E-state index contributed by atoms with van der Waals surface area (Å²) in [5, 5.41) is 23.7. The van der Waals surface area contributed by atoms with Crippen LogP contribution in [0.2, 0.25) is 0 Å². The first kappa shape index (κ1) is 17.8. The molecule has 138 valence electrons. The monoisotopic (exact) mass is 352 g/mol. The highest BCUT2D eigenvalue weighted by molar-refractivity contribution is 5.70. The standard InChI is InChI=1S/C15H24N6O4/c22-8-7-19-3-5-20(6-4-19)15-13(21(23)24)14(17-11-18-15)16-10-12-2-1-9-25-12/h11-12,22H,1-10H2,(H,16,17,18). The number of aromatic nitrogens is 2. The Hall–Kier alpha value is -2.04. The first-order valence-electron chi connectivity index (χ1n) is 8.62. The second-order valence-electron chi connectivity index (χ2n) is 6.22. The molecule has 3 heterocycles. The molecule has 1 aromatic rings. The molecule has 0 radical (unpaired) electrons. The Bertz CT molecular complexity index is 587. The minimum absolute atomic E-state index is 0.0695. The number of aliphatic hydroxyl groups excluding tert-OH is 1. The zero-order chi connectivity index (χ0) is 17.6. The Balaban J connectivity index is 1.72. The number of nitrogens with zero attached hydrogens (tertiary/aromatic N) is 5. The number of nitro groups is 1. The molecule has 2 fully saturated rings. The average molecular weight is 352 g/mol. The molecule has 1 aromatic heterocycles. The molecule has 0 bridgehead atoms. The summed E-state index contributed by atoms with van der Waals surface area (Å²) in [6, 6.07) is 0. The Morgan fingerprint density at radius 2 is 2.16 bits per heavy atom. The van der Waals surface area contributed by atoms with Crippen LogP contribution < -0.4 is 10.2 Å². The van der Waals surface area contributed by atoms with Crippen molar-refractivity contribution in [3.8, 4) is 0 Å². The van der Waals surface area contributed by atoms with E-state index in [1.165, 1.54) is 6.33 Å². The Labute approximate surface area is 146 Å². The van der Waals surface area contributed by atoms with Gasteiger partial charge in [0, 0.05) is 45.9 Å². The van der Waals surface area contributed by atoms with Crippen molar-refractivity contribution in [1.29, 1.82) is 0 Å². The van der Waals surface area contributed by atoms with Gasteiger partial charge < -0.3 is 20.1 Å². The van der Waals surface area contributed by atoms with Crippen LogP contribution in [0.5, 0.6) is 0 Å². The van der Waals surface area contributed by atoms with Crippen LogP contribution in [0.3, 0.4) is 0 Å². The van der Waals surface area contributed by atoms with Crippen LogP contribution in [0.25, 0.3) is 0 Å². The summed E-state index contributed by atoms with van der Waals surface area (Å²) >= 11 is 0. The molecule has 0 aromatic carbocycles. The highest BCUT2D eigenvalue weighted by Crippen LogP contribution is 2.32. The smallest absolute Gasteiger partial charge is 0.353 e. The van der Waals surface area contributed by atoms with Crippen molar-refractivity contribution in [3.05, 3.63) is 16.4 Å². The topological polar surface area (TPSA) is 117 Å². The van der Waals surface area contributed by atoms with Crippen LogP contribution in [-0.4, -0.2) is 83.5 Å². The van der Waals surface area contributed by atoms with Crippen LogP contribution in [0.15, 0.2) is 6.33 Å². The van der Waals surface area contributed by atoms with Crippen molar-refractivity contribution >= 4 is 17.3 Å². The van der Waals surface area contributed by atoms with Gasteiger partial charge in [0.05, 0.1) is 17.6 Å². The lowest BCUT2D eigenvalue weighted by molar-refractivity contribution is -0.383. The van der Waals surface area contributed by atoms with Crippen molar-refractivity contribution < 1.29 is 14.8 Å². The van der Waals surface area contributed by atoms with Crippen molar-refractivity contribution in [1.82, 2.24) is 14.9 Å². The molecule has 1 unspecified atom stereocenters. The number of hydrogen-bond acceptors (Lipinski definition) is 9. The molecule has 0 saturated carbocycles. The van der Waals surface area contributed by atoms with E-state index in [-0.39, 0.29) is 24.2 Å². The number of aliphatic hydroxyl groups is 1. The zero-order valence-corrected chi connectivity index (χ0v) is 14.1. The van der Waals surface area contributed by atoms with E-state index in [9.17, 15) is 10.1 Å². The molecular weight excluding hydrogens is 328 g/mol. The molecule has 2 N–H and O–H groups in total. The highest BCUT2D eigenvalue weighted by atomic mass is 16.6. The lowest BCUT2D eigenvalue weighted by Crippen LogP contribution is -2.47. The summed E-state index contributed by atoms with van der Waals surface area (Å²) in [7, 11) is 0. The summed E-state index contributed by atoms with van der Waals surface area (Å²) in [6.45, 7) is 4.70. The van der Waals surface area contributed by atoms with Crippen LogP contribution in [-0.2, 0) is 4.74 Å². The van der Waals surface area contributed by atoms with Crippen molar-refractivity contribution in [3.63, 3.8) is 0 Å². The fraction of sp³-hybridized carbons (Fsp3) is 0.733. The van der Waals surface area contributed by atoms with Gasteiger partial charge in [-0.25, -0.2) is 9.97 Å². The molecule has 10 nitrogen and oxygen atoms in total. The van der Waals surface area contributed by atoms with E-state index >= 15 is 0 Å². The van der Waals surface area contributed by atoms with Crippen molar-refractivity contribution in [2.75, 3.05) is 62.7 Å². The molecule has 0 aliphatic carbocycles. The molecule has 10 heteroatoms. The second kappa shape index (κ2) is 8.37. The third-order valence-electron chi connectivity index (χ3n) is 4.59. The third kappa shape index (κ3) is 4.33. The maximum absolute atomic E-state index is 11.6. The van der Waals surface area contributed by atoms with Crippen LogP contribution in [0, 0.1) is 10.1 Å². The number of hydrogen-bond donors (Lipinski definition) is 2. The van der Waals surface area contributed by atoms with E-state index in [1.807, 2.05) is 4.90 Å². The minimum atomic E-state index is -0.423. The van der Waals surface area contributed by atoms with Crippen LogP contribution in [0.1, 0.15) is 12.8 Å². The summed E-state index contributed by atoms with van der Waals surface area (Å²) in [5.41, 5.74) is -0.0869.